The fraction of sp³-hybridized carbons (Fsp3) is 0.889. The quantitative estimate of drug-likeness (QED) is 0.359. The van der Waals surface area contributed by atoms with Gasteiger partial charge in [0.05, 0.1) is 5.16 Å². The molecule has 3 nitrogen and oxygen atoms in total. The molecule has 0 fully saturated rings. The van der Waals surface area contributed by atoms with Gasteiger partial charge in [-0.2, -0.15) is 0 Å². The number of aliphatic imine (C=N–C) groups is 1. The van der Waals surface area contributed by atoms with Crippen molar-refractivity contribution >= 4 is 28.2 Å². The van der Waals surface area contributed by atoms with Gasteiger partial charge < -0.3 is 4.90 Å². The summed E-state index contributed by atoms with van der Waals surface area (Å²) in [4.78, 5) is 5.85. The average Bonchev–Trinajstić information content (AvgIpc) is 2.14. The number of rotatable bonds is 8. The van der Waals surface area contributed by atoms with Crippen molar-refractivity contribution in [2.45, 2.75) is 12.8 Å². The van der Waals surface area contributed by atoms with Crippen LogP contribution in [-0.2, 0) is 10.8 Å². The molecule has 5 heteroatoms. The Hall–Kier alpha value is -0.0900. The molecule has 82 valence electrons. The zero-order chi connectivity index (χ0) is 10.8. The molecule has 0 aromatic heterocycles. The molecule has 0 aliphatic heterocycles. The maximum Gasteiger partial charge on any atom is 0.0584 e. The summed E-state index contributed by atoms with van der Waals surface area (Å²) >= 11 is 4.44. The number of isothiocyanates is 1. The van der Waals surface area contributed by atoms with E-state index in [0.29, 0.717) is 6.54 Å². The summed E-state index contributed by atoms with van der Waals surface area (Å²) in [6.45, 7) is 1.61. The summed E-state index contributed by atoms with van der Waals surface area (Å²) in [5, 5.41) is 2.32. The lowest BCUT2D eigenvalue weighted by molar-refractivity contribution is 0.435. The van der Waals surface area contributed by atoms with E-state index in [-0.39, 0.29) is 0 Å². The fourth-order valence-electron chi connectivity index (χ4n) is 0.886. The minimum absolute atomic E-state index is 0.676. The largest absolute Gasteiger partial charge is 0.308 e. The third kappa shape index (κ3) is 9.99. The van der Waals surface area contributed by atoms with Gasteiger partial charge in [0.1, 0.15) is 0 Å². The summed E-state index contributed by atoms with van der Waals surface area (Å²) in [5.41, 5.74) is 0. The second kappa shape index (κ2) is 9.46. The van der Waals surface area contributed by atoms with E-state index >= 15 is 0 Å². The van der Waals surface area contributed by atoms with E-state index in [1.54, 1.807) is 0 Å². The Morgan fingerprint density at radius 3 is 2.64 bits per heavy atom. The van der Waals surface area contributed by atoms with Gasteiger partial charge in [0.25, 0.3) is 0 Å². The molecule has 0 saturated carbocycles. The van der Waals surface area contributed by atoms with Crippen LogP contribution in [0.25, 0.3) is 0 Å². The smallest absolute Gasteiger partial charge is 0.0584 e. The van der Waals surface area contributed by atoms with Crippen LogP contribution in [0.2, 0.25) is 0 Å². The topological polar surface area (TPSA) is 32.7 Å². The monoisotopic (exact) mass is 234 g/mol. The summed E-state index contributed by atoms with van der Waals surface area (Å²) in [5.74, 6) is 1.55. The minimum Gasteiger partial charge on any atom is -0.308 e. The van der Waals surface area contributed by atoms with Crippen LogP contribution in [-0.4, -0.2) is 53.0 Å². The molecule has 1 atom stereocenters. The fourth-order valence-corrected chi connectivity index (χ4v) is 2.28. The second-order valence-corrected chi connectivity index (χ2v) is 5.21. The zero-order valence-corrected chi connectivity index (χ0v) is 10.5. The molecule has 14 heavy (non-hydrogen) atoms. The molecule has 0 aliphatic rings. The van der Waals surface area contributed by atoms with Crippen LogP contribution in [0.5, 0.6) is 0 Å². The van der Waals surface area contributed by atoms with Gasteiger partial charge in [-0.05, 0) is 39.2 Å². The first-order valence-corrected chi connectivity index (χ1v) is 6.59. The molecule has 0 bridgehead atoms. The molecule has 0 aliphatic carbocycles. The van der Waals surface area contributed by atoms with E-state index in [4.69, 9.17) is 0 Å². The lowest BCUT2D eigenvalue weighted by Gasteiger charge is -2.08. The highest BCUT2D eigenvalue weighted by molar-refractivity contribution is 7.84. The van der Waals surface area contributed by atoms with E-state index in [1.807, 2.05) is 19.0 Å². The van der Waals surface area contributed by atoms with Gasteiger partial charge in [-0.1, -0.05) is 0 Å². The Balaban J connectivity index is 3.31. The van der Waals surface area contributed by atoms with Crippen molar-refractivity contribution in [3.63, 3.8) is 0 Å². The van der Waals surface area contributed by atoms with Crippen LogP contribution in [0, 0.1) is 0 Å². The van der Waals surface area contributed by atoms with E-state index < -0.39 is 10.8 Å². The lowest BCUT2D eigenvalue weighted by atomic mass is 10.3. The highest BCUT2D eigenvalue weighted by atomic mass is 32.2. The molecule has 0 saturated heterocycles. The van der Waals surface area contributed by atoms with Crippen molar-refractivity contribution in [3.05, 3.63) is 0 Å². The van der Waals surface area contributed by atoms with Crippen LogP contribution < -0.4 is 0 Å². The van der Waals surface area contributed by atoms with Crippen LogP contribution in [0.15, 0.2) is 4.99 Å². The standard InChI is InChI=1S/C9H18N2OS2/c1-11(2)6-8-14(12)7-4-3-5-10-9-13/h3-8H2,1-2H3. The Morgan fingerprint density at radius 2 is 2.07 bits per heavy atom. The zero-order valence-electron chi connectivity index (χ0n) is 8.86. The van der Waals surface area contributed by atoms with Gasteiger partial charge in [-0.3, -0.25) is 4.21 Å². The normalized spacial score (nSPS) is 12.5. The predicted octanol–water partition coefficient (Wildman–Crippen LogP) is 1.18. The van der Waals surface area contributed by atoms with Crippen molar-refractivity contribution in [1.82, 2.24) is 4.90 Å². The van der Waals surface area contributed by atoms with E-state index in [2.05, 4.69) is 22.4 Å². The van der Waals surface area contributed by atoms with Crippen molar-refractivity contribution < 1.29 is 4.21 Å². The average molecular weight is 234 g/mol. The molecule has 0 amide bonds. The number of nitrogens with zero attached hydrogens (tertiary/aromatic N) is 2. The predicted molar refractivity (Wildman–Crippen MR) is 65.6 cm³/mol. The number of unbranched alkanes of at least 4 members (excludes halogenated alkanes) is 1. The summed E-state index contributed by atoms with van der Waals surface area (Å²) in [7, 11) is 3.31. The second-order valence-electron chi connectivity index (χ2n) is 3.33. The SMILES string of the molecule is CN(C)CCS(=O)CCCCN=C=S. The van der Waals surface area contributed by atoms with Crippen molar-refractivity contribution in [1.29, 1.82) is 0 Å². The molecule has 0 N–H and O–H groups in total. The van der Waals surface area contributed by atoms with Crippen LogP contribution >= 0.6 is 12.2 Å². The molecule has 1 unspecified atom stereocenters. The Kier molecular flexibility index (Phi) is 9.40. The first-order chi connectivity index (χ1) is 6.66. The minimum atomic E-state index is -0.676. The Labute approximate surface area is 94.0 Å². The Bertz CT molecular complexity index is 213. The van der Waals surface area contributed by atoms with Crippen LogP contribution in [0.1, 0.15) is 12.8 Å². The van der Waals surface area contributed by atoms with E-state index in [0.717, 1.165) is 30.9 Å². The third-order valence-corrected chi connectivity index (χ3v) is 3.23. The summed E-state index contributed by atoms with van der Waals surface area (Å²) < 4.78 is 11.4. The summed E-state index contributed by atoms with van der Waals surface area (Å²) in [6.07, 6.45) is 1.91. The number of thiocarbonyl (C=S) groups is 1. The molecule has 0 aromatic rings. The molecular weight excluding hydrogens is 216 g/mol. The first kappa shape index (κ1) is 13.9. The molecule has 0 heterocycles. The highest BCUT2D eigenvalue weighted by Crippen LogP contribution is 1.94. The van der Waals surface area contributed by atoms with E-state index in [1.165, 1.54) is 0 Å². The molecule has 0 spiro atoms. The number of hydrogen-bond donors (Lipinski definition) is 0. The molecule has 0 rings (SSSR count). The maximum absolute atomic E-state index is 11.4. The van der Waals surface area contributed by atoms with Gasteiger partial charge in [-0.25, -0.2) is 4.99 Å². The van der Waals surface area contributed by atoms with Crippen molar-refractivity contribution in [2.75, 3.05) is 38.7 Å². The maximum atomic E-state index is 11.4. The van der Waals surface area contributed by atoms with E-state index in [9.17, 15) is 4.21 Å². The number of hydrogen-bond acceptors (Lipinski definition) is 4. The van der Waals surface area contributed by atoms with Gasteiger partial charge >= 0.3 is 0 Å². The van der Waals surface area contributed by atoms with Crippen LogP contribution in [0.4, 0.5) is 0 Å². The highest BCUT2D eigenvalue weighted by Gasteiger charge is 1.99. The van der Waals surface area contributed by atoms with Gasteiger partial charge in [0.2, 0.25) is 0 Å². The van der Waals surface area contributed by atoms with Gasteiger partial charge in [-0.15, -0.1) is 0 Å². The van der Waals surface area contributed by atoms with Gasteiger partial charge in [0.15, 0.2) is 0 Å². The van der Waals surface area contributed by atoms with Crippen LogP contribution in [0.3, 0.4) is 0 Å². The van der Waals surface area contributed by atoms with Gasteiger partial charge in [0, 0.05) is 35.4 Å². The molecular formula is C9H18N2OS2. The third-order valence-electron chi connectivity index (χ3n) is 1.72. The molecule has 0 radical (unpaired) electrons. The Morgan fingerprint density at radius 1 is 1.36 bits per heavy atom. The van der Waals surface area contributed by atoms with Crippen molar-refractivity contribution in [2.24, 2.45) is 4.99 Å². The first-order valence-electron chi connectivity index (χ1n) is 4.70. The lowest BCUT2D eigenvalue weighted by Crippen LogP contribution is -2.20. The van der Waals surface area contributed by atoms with Crippen molar-refractivity contribution in [3.8, 4) is 0 Å². The molecule has 0 aromatic carbocycles. The summed E-state index contributed by atoms with van der Waals surface area (Å²) in [6, 6.07) is 0.